The number of benzene rings is 2. The van der Waals surface area contributed by atoms with Crippen molar-refractivity contribution < 1.29 is 9.18 Å². The summed E-state index contributed by atoms with van der Waals surface area (Å²) in [6, 6.07) is 14.8. The van der Waals surface area contributed by atoms with Gasteiger partial charge in [0.15, 0.2) is 0 Å². The lowest BCUT2D eigenvalue weighted by Crippen LogP contribution is -2.30. The van der Waals surface area contributed by atoms with Crippen LogP contribution < -0.4 is 10.9 Å². The van der Waals surface area contributed by atoms with E-state index >= 15 is 0 Å². The molecule has 8 heteroatoms. The fraction of sp³-hybridized carbons (Fsp3) is 0.100. The third-order valence-corrected chi connectivity index (χ3v) is 4.22. The molecule has 7 nitrogen and oxygen atoms in total. The van der Waals surface area contributed by atoms with Crippen molar-refractivity contribution in [2.75, 3.05) is 5.32 Å². The summed E-state index contributed by atoms with van der Waals surface area (Å²) < 4.78 is 15.5. The lowest BCUT2D eigenvalue weighted by molar-refractivity contribution is -0.117. The molecule has 28 heavy (non-hydrogen) atoms. The van der Waals surface area contributed by atoms with Gasteiger partial charge in [-0.3, -0.25) is 9.59 Å². The summed E-state index contributed by atoms with van der Waals surface area (Å²) in [6.45, 7) is 1.70. The number of rotatable bonds is 4. The summed E-state index contributed by atoms with van der Waals surface area (Å²) in [4.78, 5) is 24.9. The normalized spacial score (nSPS) is 10.9. The number of amides is 1. The largest absolute Gasteiger partial charge is 0.324 e. The Balaban J connectivity index is 1.60. The molecule has 0 bridgehead atoms. The summed E-state index contributed by atoms with van der Waals surface area (Å²) in [5.41, 5.74) is 2.69. The summed E-state index contributed by atoms with van der Waals surface area (Å²) in [5.74, 6) is -0.709. The van der Waals surface area contributed by atoms with Crippen LogP contribution in [0.3, 0.4) is 0 Å². The van der Waals surface area contributed by atoms with E-state index in [-0.39, 0.29) is 23.8 Å². The molecule has 0 saturated carbocycles. The van der Waals surface area contributed by atoms with Crippen LogP contribution in [-0.4, -0.2) is 25.3 Å². The molecular formula is C20H16FN5O2. The number of nitrogens with zero attached hydrogens (tertiary/aromatic N) is 4. The van der Waals surface area contributed by atoms with Crippen molar-refractivity contribution in [3.8, 4) is 11.3 Å². The number of hydrogen-bond acceptors (Lipinski definition) is 4. The topological polar surface area (TPSA) is 81.3 Å². The van der Waals surface area contributed by atoms with E-state index in [9.17, 15) is 14.0 Å². The molecule has 0 aliphatic heterocycles. The highest BCUT2D eigenvalue weighted by Gasteiger charge is 2.12. The van der Waals surface area contributed by atoms with Crippen LogP contribution in [0.25, 0.3) is 16.8 Å². The monoisotopic (exact) mass is 377 g/mol. The van der Waals surface area contributed by atoms with E-state index < -0.39 is 5.56 Å². The first kappa shape index (κ1) is 17.6. The van der Waals surface area contributed by atoms with E-state index in [0.29, 0.717) is 16.9 Å². The molecule has 0 aliphatic rings. The first-order valence-corrected chi connectivity index (χ1v) is 8.57. The Hall–Kier alpha value is -3.81. The maximum Gasteiger partial charge on any atom is 0.293 e. The van der Waals surface area contributed by atoms with Crippen molar-refractivity contribution in [3.05, 3.63) is 82.7 Å². The molecule has 1 N–H and O–H groups in total. The Bertz CT molecular complexity index is 1230. The zero-order valence-corrected chi connectivity index (χ0v) is 15.0. The van der Waals surface area contributed by atoms with Gasteiger partial charge >= 0.3 is 0 Å². The molecule has 0 radical (unpaired) electrons. The molecule has 1 amide bonds. The van der Waals surface area contributed by atoms with Crippen LogP contribution in [0.5, 0.6) is 0 Å². The number of anilines is 1. The maximum absolute atomic E-state index is 13.1. The molecule has 140 valence electrons. The molecule has 4 rings (SSSR count). The van der Waals surface area contributed by atoms with Gasteiger partial charge in [0, 0.05) is 11.3 Å². The van der Waals surface area contributed by atoms with Crippen LogP contribution in [0.2, 0.25) is 0 Å². The van der Waals surface area contributed by atoms with E-state index in [1.54, 1.807) is 24.3 Å². The zero-order valence-electron chi connectivity index (χ0n) is 15.0. The van der Waals surface area contributed by atoms with Gasteiger partial charge in [-0.2, -0.15) is 10.2 Å². The standard InChI is InChI=1S/C20H16FN5O2/c1-13-3-2-4-16(9-13)23-19(27)11-25-20(28)18-10-17(24-26(18)12-22-25)14-5-7-15(21)8-6-14/h2-10,12H,11H2,1H3,(H,23,27). The third-order valence-electron chi connectivity index (χ3n) is 4.22. The van der Waals surface area contributed by atoms with Crippen molar-refractivity contribution in [2.45, 2.75) is 13.5 Å². The van der Waals surface area contributed by atoms with Gasteiger partial charge in [0.2, 0.25) is 5.91 Å². The highest BCUT2D eigenvalue weighted by atomic mass is 19.1. The van der Waals surface area contributed by atoms with Crippen LogP contribution in [0.4, 0.5) is 10.1 Å². The summed E-state index contributed by atoms with van der Waals surface area (Å²) in [7, 11) is 0. The number of carbonyl (C=O) groups is 1. The van der Waals surface area contributed by atoms with Crippen LogP contribution >= 0.6 is 0 Å². The van der Waals surface area contributed by atoms with Gasteiger partial charge in [-0.25, -0.2) is 13.6 Å². The predicted octanol–water partition coefficient (Wildman–Crippen LogP) is 2.64. The second-order valence-corrected chi connectivity index (χ2v) is 6.38. The van der Waals surface area contributed by atoms with E-state index in [4.69, 9.17) is 0 Å². The molecule has 2 heterocycles. The number of halogens is 1. The van der Waals surface area contributed by atoms with Crippen LogP contribution in [0, 0.1) is 12.7 Å². The van der Waals surface area contributed by atoms with Crippen LogP contribution in [0.1, 0.15) is 5.56 Å². The lowest BCUT2D eigenvalue weighted by Gasteiger charge is -2.07. The number of hydrogen-bond donors (Lipinski definition) is 1. The van der Waals surface area contributed by atoms with Crippen LogP contribution in [-0.2, 0) is 11.3 Å². The molecule has 0 aliphatic carbocycles. The highest BCUT2D eigenvalue weighted by molar-refractivity contribution is 5.90. The SMILES string of the molecule is Cc1cccc(NC(=O)Cn2ncn3nc(-c4ccc(F)cc4)cc3c2=O)c1. The van der Waals surface area contributed by atoms with Crippen molar-refractivity contribution in [3.63, 3.8) is 0 Å². The molecular weight excluding hydrogens is 361 g/mol. The average molecular weight is 377 g/mol. The molecule has 4 aromatic rings. The third kappa shape index (κ3) is 3.52. The fourth-order valence-electron chi connectivity index (χ4n) is 2.87. The lowest BCUT2D eigenvalue weighted by atomic mass is 10.1. The highest BCUT2D eigenvalue weighted by Crippen LogP contribution is 2.18. The molecule has 0 atom stereocenters. The summed E-state index contributed by atoms with van der Waals surface area (Å²) >= 11 is 0. The first-order chi connectivity index (χ1) is 13.5. The van der Waals surface area contributed by atoms with Gasteiger partial charge in [0.05, 0.1) is 5.69 Å². The van der Waals surface area contributed by atoms with Gasteiger partial charge in [-0.15, -0.1) is 0 Å². The van der Waals surface area contributed by atoms with Gasteiger partial charge in [0.1, 0.15) is 24.2 Å². The minimum absolute atomic E-state index is 0.222. The van der Waals surface area contributed by atoms with E-state index in [0.717, 1.165) is 10.2 Å². The Morgan fingerprint density at radius 2 is 1.93 bits per heavy atom. The molecule has 0 unspecified atom stereocenters. The molecule has 0 saturated heterocycles. The van der Waals surface area contributed by atoms with Crippen molar-refractivity contribution in [1.82, 2.24) is 19.4 Å². The molecule has 0 spiro atoms. The molecule has 2 aromatic heterocycles. The number of aryl methyl sites for hydroxylation is 1. The Kier molecular flexibility index (Phi) is 4.44. The Morgan fingerprint density at radius 1 is 1.14 bits per heavy atom. The first-order valence-electron chi connectivity index (χ1n) is 8.57. The molecule has 2 aromatic carbocycles. The van der Waals surface area contributed by atoms with E-state index in [2.05, 4.69) is 15.5 Å². The summed E-state index contributed by atoms with van der Waals surface area (Å²) in [5, 5.41) is 11.0. The minimum Gasteiger partial charge on any atom is -0.324 e. The predicted molar refractivity (Wildman–Crippen MR) is 102 cm³/mol. The van der Waals surface area contributed by atoms with Gasteiger partial charge in [-0.1, -0.05) is 12.1 Å². The second-order valence-electron chi connectivity index (χ2n) is 6.38. The van der Waals surface area contributed by atoms with E-state index in [1.807, 2.05) is 25.1 Å². The maximum atomic E-state index is 13.1. The summed E-state index contributed by atoms with van der Waals surface area (Å²) in [6.07, 6.45) is 1.36. The van der Waals surface area contributed by atoms with Gasteiger partial charge in [0.25, 0.3) is 5.56 Å². The average Bonchev–Trinajstić information content (AvgIpc) is 3.10. The molecule has 0 fully saturated rings. The second kappa shape index (κ2) is 7.07. The smallest absolute Gasteiger partial charge is 0.293 e. The van der Waals surface area contributed by atoms with E-state index in [1.165, 1.54) is 23.0 Å². The van der Waals surface area contributed by atoms with Gasteiger partial charge < -0.3 is 5.32 Å². The van der Waals surface area contributed by atoms with Crippen molar-refractivity contribution in [2.24, 2.45) is 0 Å². The van der Waals surface area contributed by atoms with Crippen molar-refractivity contribution >= 4 is 17.1 Å². The fourth-order valence-corrected chi connectivity index (χ4v) is 2.87. The Morgan fingerprint density at radius 3 is 2.68 bits per heavy atom. The number of fused-ring (bicyclic) bond motifs is 1. The minimum atomic E-state index is -0.442. The van der Waals surface area contributed by atoms with Gasteiger partial charge in [-0.05, 0) is 55.0 Å². The number of aromatic nitrogens is 4. The zero-order chi connectivity index (χ0) is 19.7. The van der Waals surface area contributed by atoms with Crippen LogP contribution in [0.15, 0.2) is 65.7 Å². The van der Waals surface area contributed by atoms with Crippen molar-refractivity contribution in [1.29, 1.82) is 0 Å². The Labute approximate surface area is 159 Å². The number of nitrogens with one attached hydrogen (secondary N) is 1. The quantitative estimate of drug-likeness (QED) is 0.593. The number of carbonyl (C=O) groups excluding carboxylic acids is 1.